The normalized spacial score (nSPS) is 18.8. The molecule has 0 unspecified atom stereocenters. The number of carboxylic acids is 1. The number of unbranched alkanes of at least 4 members (excludes halogenated alkanes) is 1. The molecule has 1 aliphatic rings. The summed E-state index contributed by atoms with van der Waals surface area (Å²) in [4.78, 5) is 37.3. The van der Waals surface area contributed by atoms with Crippen LogP contribution in [0.3, 0.4) is 0 Å². The predicted octanol–water partition coefficient (Wildman–Crippen LogP) is -2.15. The molecule has 0 radical (unpaired) electrons. The molecule has 1 heterocycles. The van der Waals surface area contributed by atoms with Crippen LogP contribution in [0.15, 0.2) is 0 Å². The summed E-state index contributed by atoms with van der Waals surface area (Å²) in [6, 6.07) is -2.38. The number of nitrogens with zero attached hydrogens (tertiary/aromatic N) is 1. The Balaban J connectivity index is 2.47. The van der Waals surface area contributed by atoms with Gasteiger partial charge in [-0.1, -0.05) is 0 Å². The third-order valence-electron chi connectivity index (χ3n) is 4.21. The SMILES string of the molecule is N=C(N)NCCCC[C@H](N)C(=O)N[C@@H](C[SeH])C(=O)N1CCC[C@H]1C(=O)O. The van der Waals surface area contributed by atoms with Gasteiger partial charge in [-0.05, 0) is 0 Å². The molecule has 3 atom stereocenters. The molecule has 0 aliphatic carbocycles. The van der Waals surface area contributed by atoms with E-state index in [-0.39, 0.29) is 11.9 Å². The number of hydrogen-bond acceptors (Lipinski definition) is 5. The van der Waals surface area contributed by atoms with Crippen molar-refractivity contribution in [2.24, 2.45) is 11.5 Å². The van der Waals surface area contributed by atoms with Gasteiger partial charge in [-0.2, -0.15) is 0 Å². The van der Waals surface area contributed by atoms with E-state index < -0.39 is 30.0 Å². The molecule has 8 N–H and O–H groups in total. The standard InChI is InChI=1S/C15H28N6O4Se/c16-9(4-1-2-6-19-15(17)18)12(22)20-10(8-26)13(23)21-7-3-5-11(21)14(24)25/h9-11,26H,1-8,16H2,(H,20,22)(H,24,25)(H4,17,18,19)/t9-,10-,11-/m0/s1. The minimum absolute atomic E-state index is 0.101. The number of likely N-dealkylation sites (tertiary alicyclic amines) is 1. The fourth-order valence-electron chi connectivity index (χ4n) is 2.80. The number of guanidine groups is 1. The first-order valence-corrected chi connectivity index (χ1v) is 9.88. The van der Waals surface area contributed by atoms with Gasteiger partial charge in [-0.3, -0.25) is 0 Å². The zero-order chi connectivity index (χ0) is 19.7. The summed E-state index contributed by atoms with van der Waals surface area (Å²) in [7, 11) is 0. The molecule has 1 aliphatic heterocycles. The molecule has 10 nitrogen and oxygen atoms in total. The van der Waals surface area contributed by atoms with Gasteiger partial charge in [0.2, 0.25) is 0 Å². The second kappa shape index (κ2) is 11.0. The molecule has 148 valence electrons. The van der Waals surface area contributed by atoms with E-state index in [0.29, 0.717) is 50.5 Å². The van der Waals surface area contributed by atoms with Gasteiger partial charge < -0.3 is 0 Å². The van der Waals surface area contributed by atoms with Crippen molar-refractivity contribution in [1.29, 1.82) is 5.41 Å². The van der Waals surface area contributed by atoms with Gasteiger partial charge in [-0.15, -0.1) is 0 Å². The summed E-state index contributed by atoms with van der Waals surface area (Å²) >= 11 is 2.24. The second-order valence-corrected chi connectivity index (χ2v) is 6.98. The number of carboxylic acid groups (broad SMARTS) is 1. The average molecular weight is 435 g/mol. The Kier molecular flexibility index (Phi) is 9.39. The van der Waals surface area contributed by atoms with E-state index in [1.54, 1.807) is 0 Å². The van der Waals surface area contributed by atoms with Gasteiger partial charge in [0.1, 0.15) is 0 Å². The van der Waals surface area contributed by atoms with Gasteiger partial charge >= 0.3 is 160 Å². The van der Waals surface area contributed by atoms with E-state index in [1.165, 1.54) is 4.90 Å². The van der Waals surface area contributed by atoms with Crippen LogP contribution >= 0.6 is 0 Å². The van der Waals surface area contributed by atoms with E-state index in [1.807, 2.05) is 0 Å². The Bertz CT molecular complexity index is 532. The van der Waals surface area contributed by atoms with Crippen molar-refractivity contribution in [3.8, 4) is 0 Å². The van der Waals surface area contributed by atoms with Gasteiger partial charge in [0.05, 0.1) is 0 Å². The van der Waals surface area contributed by atoms with Crippen LogP contribution in [0, 0.1) is 5.41 Å². The molecule has 1 rings (SSSR count). The first kappa shape index (κ1) is 22.2. The molecule has 2 amide bonds. The minimum atomic E-state index is -1.03. The van der Waals surface area contributed by atoms with Crippen LogP contribution in [-0.2, 0) is 14.4 Å². The molecule has 0 aromatic rings. The first-order chi connectivity index (χ1) is 12.3. The molecule has 0 aromatic heterocycles. The Morgan fingerprint density at radius 2 is 2.04 bits per heavy atom. The number of rotatable bonds is 10. The number of aliphatic carboxylic acids is 1. The van der Waals surface area contributed by atoms with Crippen LogP contribution in [0.25, 0.3) is 0 Å². The van der Waals surface area contributed by atoms with Crippen LogP contribution < -0.4 is 22.1 Å². The molecule has 0 spiro atoms. The van der Waals surface area contributed by atoms with E-state index in [4.69, 9.17) is 16.9 Å². The number of hydrogen-bond donors (Lipinski definition) is 6. The summed E-state index contributed by atoms with van der Waals surface area (Å²) in [5, 5.41) is 21.8. The van der Waals surface area contributed by atoms with E-state index in [2.05, 4.69) is 26.6 Å². The van der Waals surface area contributed by atoms with Gasteiger partial charge in [0.25, 0.3) is 0 Å². The van der Waals surface area contributed by atoms with Gasteiger partial charge in [0.15, 0.2) is 0 Å². The van der Waals surface area contributed by atoms with Crippen molar-refractivity contribution in [1.82, 2.24) is 15.5 Å². The first-order valence-electron chi connectivity index (χ1n) is 8.56. The van der Waals surface area contributed by atoms with Crippen LogP contribution in [0.4, 0.5) is 0 Å². The van der Waals surface area contributed by atoms with Crippen molar-refractivity contribution < 1.29 is 19.5 Å². The Labute approximate surface area is 160 Å². The van der Waals surface area contributed by atoms with Crippen LogP contribution in [0.1, 0.15) is 32.1 Å². The molecule has 0 aromatic carbocycles. The third-order valence-corrected chi connectivity index (χ3v) is 4.98. The quantitative estimate of drug-likeness (QED) is 0.0981. The summed E-state index contributed by atoms with van der Waals surface area (Å²) in [5.74, 6) is -1.94. The van der Waals surface area contributed by atoms with Crippen molar-refractivity contribution in [2.75, 3.05) is 13.1 Å². The fraction of sp³-hybridized carbons (Fsp3) is 0.733. The second-order valence-electron chi connectivity index (χ2n) is 6.21. The molecule has 0 saturated carbocycles. The monoisotopic (exact) mass is 436 g/mol. The number of carbonyl (C=O) groups is 3. The van der Waals surface area contributed by atoms with Crippen molar-refractivity contribution in [3.05, 3.63) is 0 Å². The maximum absolute atomic E-state index is 12.6. The number of nitrogens with one attached hydrogen (secondary N) is 3. The average Bonchev–Trinajstić information content (AvgIpc) is 3.08. The van der Waals surface area contributed by atoms with Gasteiger partial charge in [0, 0.05) is 0 Å². The van der Waals surface area contributed by atoms with Crippen molar-refractivity contribution >= 4 is 39.8 Å². The van der Waals surface area contributed by atoms with E-state index in [9.17, 15) is 19.5 Å². The summed E-state index contributed by atoms with van der Waals surface area (Å²) < 4.78 is 0. The predicted molar refractivity (Wildman–Crippen MR) is 98.0 cm³/mol. The number of amides is 2. The Hall–Kier alpha value is -1.84. The Morgan fingerprint density at radius 3 is 2.62 bits per heavy atom. The maximum atomic E-state index is 12.6. The number of nitrogens with two attached hydrogens (primary N) is 2. The van der Waals surface area contributed by atoms with Crippen molar-refractivity contribution in [3.63, 3.8) is 0 Å². The molecule has 1 fully saturated rings. The van der Waals surface area contributed by atoms with Crippen LogP contribution in [-0.4, -0.2) is 81.0 Å². The summed E-state index contributed by atoms with van der Waals surface area (Å²) in [6.45, 7) is 0.910. The molecular weight excluding hydrogens is 407 g/mol. The summed E-state index contributed by atoms with van der Waals surface area (Å²) in [5.41, 5.74) is 11.0. The van der Waals surface area contributed by atoms with E-state index in [0.717, 1.165) is 0 Å². The number of carbonyl (C=O) groups excluding carboxylic acids is 2. The van der Waals surface area contributed by atoms with Crippen LogP contribution in [0.5, 0.6) is 0 Å². The third kappa shape index (κ3) is 6.81. The van der Waals surface area contributed by atoms with Gasteiger partial charge in [-0.25, -0.2) is 0 Å². The molecule has 1 saturated heterocycles. The van der Waals surface area contributed by atoms with E-state index >= 15 is 0 Å². The molecular formula is C15H28N6O4Se. The Morgan fingerprint density at radius 1 is 1.35 bits per heavy atom. The summed E-state index contributed by atoms with van der Waals surface area (Å²) in [6.07, 6.45) is 2.88. The molecule has 11 heteroatoms. The van der Waals surface area contributed by atoms with Crippen LogP contribution in [0.2, 0.25) is 5.32 Å². The topological polar surface area (TPSA) is 175 Å². The fourth-order valence-corrected chi connectivity index (χ4v) is 3.31. The molecule has 26 heavy (non-hydrogen) atoms. The zero-order valence-corrected chi connectivity index (χ0v) is 16.5. The van der Waals surface area contributed by atoms with Crippen molar-refractivity contribution in [2.45, 2.75) is 55.5 Å². The zero-order valence-electron chi connectivity index (χ0n) is 14.6. The molecule has 0 bridgehead atoms.